The van der Waals surface area contributed by atoms with Crippen LogP contribution in [0.15, 0.2) is 23.8 Å². The number of rotatable bonds is 2. The van der Waals surface area contributed by atoms with Gasteiger partial charge in [0.1, 0.15) is 0 Å². The quantitative estimate of drug-likeness (QED) is 0.625. The maximum Gasteiger partial charge on any atom is 0.185 e. The number of hydrogen-bond donors (Lipinski definition) is 0. The molecule has 0 atom stereocenters. The third kappa shape index (κ3) is 2.55. The number of allylic oxidation sites excluding steroid dienone is 2. The smallest absolute Gasteiger partial charge is 0.185 e. The molecule has 0 saturated heterocycles. The van der Waals surface area contributed by atoms with Gasteiger partial charge in [-0.3, -0.25) is 4.79 Å². The third-order valence-electron chi connectivity index (χ3n) is 2.33. The maximum absolute atomic E-state index is 11.8. The van der Waals surface area contributed by atoms with Crippen LogP contribution in [-0.2, 0) is 4.79 Å². The highest BCUT2D eigenvalue weighted by Crippen LogP contribution is 2.33. The van der Waals surface area contributed by atoms with Crippen LogP contribution in [0.2, 0.25) is 0 Å². The number of ketones is 1. The summed E-state index contributed by atoms with van der Waals surface area (Å²) in [7, 11) is 3.94. The van der Waals surface area contributed by atoms with Crippen molar-refractivity contribution in [3.8, 4) is 0 Å². The monoisotopic (exact) mass is 193 g/mol. The van der Waals surface area contributed by atoms with Gasteiger partial charge in [0, 0.05) is 12.1 Å². The van der Waals surface area contributed by atoms with Crippen molar-refractivity contribution in [2.24, 2.45) is 5.41 Å². The maximum atomic E-state index is 11.8. The Morgan fingerprint density at radius 1 is 1.50 bits per heavy atom. The van der Waals surface area contributed by atoms with Crippen LogP contribution in [0.1, 0.15) is 20.3 Å². The largest absolute Gasteiger partial charge is 0.305 e. The van der Waals surface area contributed by atoms with Gasteiger partial charge >= 0.3 is 0 Å². The zero-order valence-electron chi connectivity index (χ0n) is 9.55. The van der Waals surface area contributed by atoms with Crippen LogP contribution in [0.4, 0.5) is 0 Å². The number of hydrogen-bond acceptors (Lipinski definition) is 2. The molecule has 0 heterocycles. The Labute approximate surface area is 86.3 Å². The summed E-state index contributed by atoms with van der Waals surface area (Å²) in [6.45, 7) is 8.83. The molecule has 1 rings (SSSR count). The van der Waals surface area contributed by atoms with Crippen molar-refractivity contribution >= 4 is 5.78 Å². The van der Waals surface area contributed by atoms with Gasteiger partial charge in [-0.05, 0) is 31.5 Å². The van der Waals surface area contributed by atoms with E-state index in [2.05, 4.69) is 26.5 Å². The van der Waals surface area contributed by atoms with Gasteiger partial charge < -0.3 is 4.90 Å². The molecule has 1 aliphatic carbocycles. The van der Waals surface area contributed by atoms with E-state index in [0.29, 0.717) is 6.54 Å². The topological polar surface area (TPSA) is 20.3 Å². The van der Waals surface area contributed by atoms with Crippen LogP contribution in [0.3, 0.4) is 0 Å². The fourth-order valence-corrected chi connectivity index (χ4v) is 1.90. The lowest BCUT2D eigenvalue weighted by Gasteiger charge is -2.29. The van der Waals surface area contributed by atoms with E-state index in [-0.39, 0.29) is 11.2 Å². The molecule has 0 aromatic rings. The van der Waals surface area contributed by atoms with E-state index in [9.17, 15) is 4.79 Å². The number of carbonyl (C=O) groups excluding carboxylic acids is 1. The lowest BCUT2D eigenvalue weighted by molar-refractivity contribution is -0.113. The zero-order chi connectivity index (χ0) is 10.9. The van der Waals surface area contributed by atoms with E-state index in [1.807, 2.05) is 19.0 Å². The molecule has 0 N–H and O–H groups in total. The van der Waals surface area contributed by atoms with Crippen molar-refractivity contribution in [2.75, 3.05) is 20.6 Å². The van der Waals surface area contributed by atoms with Gasteiger partial charge in [-0.15, -0.1) is 0 Å². The van der Waals surface area contributed by atoms with E-state index in [1.54, 1.807) is 0 Å². The van der Waals surface area contributed by atoms with Crippen molar-refractivity contribution in [2.45, 2.75) is 20.3 Å². The second-order valence-electron chi connectivity index (χ2n) is 5.01. The Hall–Kier alpha value is -0.890. The first-order valence-electron chi connectivity index (χ1n) is 4.91. The van der Waals surface area contributed by atoms with E-state index >= 15 is 0 Å². The Balaban J connectivity index is 2.95. The summed E-state index contributed by atoms with van der Waals surface area (Å²) in [4.78, 5) is 13.8. The molecule has 0 aromatic heterocycles. The molecule has 2 heteroatoms. The van der Waals surface area contributed by atoms with Crippen LogP contribution in [0.5, 0.6) is 0 Å². The highest BCUT2D eigenvalue weighted by Gasteiger charge is 2.28. The summed E-state index contributed by atoms with van der Waals surface area (Å²) < 4.78 is 0. The highest BCUT2D eigenvalue weighted by molar-refractivity contribution is 6.09. The van der Waals surface area contributed by atoms with Crippen LogP contribution in [-0.4, -0.2) is 31.3 Å². The van der Waals surface area contributed by atoms with Gasteiger partial charge in [0.2, 0.25) is 0 Å². The molecule has 1 aliphatic rings. The first-order chi connectivity index (χ1) is 6.32. The fourth-order valence-electron chi connectivity index (χ4n) is 1.90. The minimum atomic E-state index is 0.0797. The summed E-state index contributed by atoms with van der Waals surface area (Å²) >= 11 is 0. The molecule has 0 aliphatic heterocycles. The van der Waals surface area contributed by atoms with Crippen molar-refractivity contribution in [1.29, 1.82) is 0 Å². The number of likely N-dealkylation sites (N-methyl/N-ethyl adjacent to an activating group) is 1. The predicted octanol–water partition coefficient (Wildman–Crippen LogP) is 2.03. The summed E-state index contributed by atoms with van der Waals surface area (Å²) in [5.41, 5.74) is 1.71. The normalized spacial score (nSPS) is 21.4. The predicted molar refractivity (Wildman–Crippen MR) is 59.2 cm³/mol. The summed E-state index contributed by atoms with van der Waals surface area (Å²) in [6, 6.07) is 0. The van der Waals surface area contributed by atoms with Crippen molar-refractivity contribution < 1.29 is 4.79 Å². The van der Waals surface area contributed by atoms with Crippen LogP contribution in [0, 0.1) is 5.41 Å². The molecular weight excluding hydrogens is 174 g/mol. The molecule has 0 bridgehead atoms. The Morgan fingerprint density at radius 3 is 2.57 bits per heavy atom. The first kappa shape index (κ1) is 11.2. The zero-order valence-corrected chi connectivity index (χ0v) is 9.55. The highest BCUT2D eigenvalue weighted by atomic mass is 16.1. The Kier molecular flexibility index (Phi) is 2.95. The van der Waals surface area contributed by atoms with Gasteiger partial charge in [0.15, 0.2) is 5.78 Å². The van der Waals surface area contributed by atoms with E-state index in [1.165, 1.54) is 0 Å². The summed E-state index contributed by atoms with van der Waals surface area (Å²) in [6.07, 6.45) is 2.87. The minimum absolute atomic E-state index is 0.0797. The molecule has 0 unspecified atom stereocenters. The second-order valence-corrected chi connectivity index (χ2v) is 5.01. The van der Waals surface area contributed by atoms with E-state index in [4.69, 9.17) is 0 Å². The van der Waals surface area contributed by atoms with Crippen LogP contribution >= 0.6 is 0 Å². The molecule has 0 spiro atoms. The Bertz CT molecular complexity index is 297. The summed E-state index contributed by atoms with van der Waals surface area (Å²) in [5.74, 6) is 0.137. The second kappa shape index (κ2) is 3.70. The Morgan fingerprint density at radius 2 is 2.07 bits per heavy atom. The average Bonchev–Trinajstić information content (AvgIpc) is 1.97. The first-order valence-corrected chi connectivity index (χ1v) is 4.91. The summed E-state index contributed by atoms with van der Waals surface area (Å²) in [5, 5.41) is 0. The van der Waals surface area contributed by atoms with E-state index in [0.717, 1.165) is 17.6 Å². The molecular formula is C12H19NO. The molecule has 0 amide bonds. The molecule has 0 saturated carbocycles. The fraction of sp³-hybridized carbons (Fsp3) is 0.583. The van der Waals surface area contributed by atoms with Gasteiger partial charge in [-0.2, -0.15) is 0 Å². The minimum Gasteiger partial charge on any atom is -0.305 e. The molecule has 78 valence electrons. The molecule has 2 nitrogen and oxygen atoms in total. The van der Waals surface area contributed by atoms with Crippen LogP contribution < -0.4 is 0 Å². The van der Waals surface area contributed by atoms with Gasteiger partial charge in [0.25, 0.3) is 0 Å². The van der Waals surface area contributed by atoms with E-state index < -0.39 is 0 Å². The standard InChI is InChI=1S/C12H19NO/c1-9-6-12(2,3)7-10(11(9)14)8-13(4)5/h7H,1,6,8H2,2-5H3. The number of carbonyl (C=O) groups is 1. The molecule has 0 fully saturated rings. The van der Waals surface area contributed by atoms with Crippen molar-refractivity contribution in [3.63, 3.8) is 0 Å². The lowest BCUT2D eigenvalue weighted by atomic mass is 9.77. The SMILES string of the molecule is C=C1CC(C)(C)C=C(CN(C)C)C1=O. The van der Waals surface area contributed by atoms with Crippen LogP contribution in [0.25, 0.3) is 0 Å². The molecule has 0 radical (unpaired) electrons. The molecule has 0 aromatic carbocycles. The van der Waals surface area contributed by atoms with Gasteiger partial charge in [-0.1, -0.05) is 26.5 Å². The number of Topliss-reactive ketones (excluding diaryl/α,β-unsaturated/α-hetero) is 1. The van der Waals surface area contributed by atoms with Gasteiger partial charge in [-0.25, -0.2) is 0 Å². The molecule has 14 heavy (non-hydrogen) atoms. The van der Waals surface area contributed by atoms with Gasteiger partial charge in [0.05, 0.1) is 0 Å². The number of nitrogens with zero attached hydrogens (tertiary/aromatic N) is 1. The van der Waals surface area contributed by atoms with Crippen molar-refractivity contribution in [3.05, 3.63) is 23.8 Å². The lowest BCUT2D eigenvalue weighted by Crippen LogP contribution is -2.28. The third-order valence-corrected chi connectivity index (χ3v) is 2.33. The van der Waals surface area contributed by atoms with Crippen molar-refractivity contribution in [1.82, 2.24) is 4.90 Å². The average molecular weight is 193 g/mol.